The van der Waals surface area contributed by atoms with Crippen molar-refractivity contribution in [3.8, 4) is 10.6 Å². The molecular formula is C16H21ClN4OS. The molecular weight excluding hydrogens is 332 g/mol. The van der Waals surface area contributed by atoms with Crippen molar-refractivity contribution in [2.24, 2.45) is 0 Å². The predicted octanol–water partition coefficient (Wildman–Crippen LogP) is 3.40. The standard InChI is InChI=1S/C16H21ClN4OS/c1-21(2)16(7-3-4-8-16)10-18-15(22)11-9-19-20-14(11)12-5-6-13(17)23-12/h5-6,9H,3-4,7-8,10H2,1-2H3,(H,18,22)(H,19,20). The van der Waals surface area contributed by atoms with Gasteiger partial charge < -0.3 is 10.2 Å². The lowest BCUT2D eigenvalue weighted by molar-refractivity contribution is 0.0900. The van der Waals surface area contributed by atoms with Gasteiger partial charge >= 0.3 is 0 Å². The summed E-state index contributed by atoms with van der Waals surface area (Å²) in [6, 6.07) is 3.72. The van der Waals surface area contributed by atoms with E-state index in [0.717, 1.165) is 23.4 Å². The summed E-state index contributed by atoms with van der Waals surface area (Å²) in [6.45, 7) is 0.661. The number of aromatic nitrogens is 2. The normalized spacial score (nSPS) is 16.9. The van der Waals surface area contributed by atoms with Crippen LogP contribution in [-0.4, -0.2) is 47.2 Å². The van der Waals surface area contributed by atoms with Gasteiger partial charge in [-0.25, -0.2) is 0 Å². The summed E-state index contributed by atoms with van der Waals surface area (Å²) in [5, 5.41) is 10.0. The fourth-order valence-corrected chi connectivity index (χ4v) is 4.30. The number of nitrogens with one attached hydrogen (secondary N) is 2. The molecule has 2 heterocycles. The molecule has 1 fully saturated rings. The average Bonchev–Trinajstić information content (AvgIpc) is 3.24. The number of halogens is 1. The van der Waals surface area contributed by atoms with E-state index in [1.165, 1.54) is 24.2 Å². The van der Waals surface area contributed by atoms with Crippen molar-refractivity contribution < 1.29 is 4.79 Å². The van der Waals surface area contributed by atoms with Gasteiger partial charge in [0.2, 0.25) is 0 Å². The van der Waals surface area contributed by atoms with Crippen LogP contribution in [0.25, 0.3) is 10.6 Å². The molecule has 0 bridgehead atoms. The topological polar surface area (TPSA) is 61.0 Å². The minimum atomic E-state index is -0.0913. The molecule has 0 radical (unpaired) electrons. The maximum absolute atomic E-state index is 12.6. The second-order valence-electron chi connectivity index (χ2n) is 6.27. The number of hydrogen-bond acceptors (Lipinski definition) is 4. The molecule has 1 amide bonds. The van der Waals surface area contributed by atoms with Crippen LogP contribution in [-0.2, 0) is 0 Å². The third-order valence-corrected chi connectivity index (χ3v) is 6.01. The second kappa shape index (κ2) is 6.63. The second-order valence-corrected chi connectivity index (χ2v) is 7.99. The first-order chi connectivity index (χ1) is 11.0. The molecule has 2 N–H and O–H groups in total. The number of aromatic amines is 1. The van der Waals surface area contributed by atoms with Crippen LogP contribution in [0.5, 0.6) is 0 Å². The van der Waals surface area contributed by atoms with E-state index in [1.54, 1.807) is 6.20 Å². The van der Waals surface area contributed by atoms with Gasteiger partial charge in [-0.1, -0.05) is 24.4 Å². The van der Waals surface area contributed by atoms with Gasteiger partial charge in [0.05, 0.1) is 26.7 Å². The number of likely N-dealkylation sites (N-methyl/N-ethyl adjacent to an activating group) is 1. The molecule has 124 valence electrons. The lowest BCUT2D eigenvalue weighted by atomic mass is 9.96. The largest absolute Gasteiger partial charge is 0.350 e. The van der Waals surface area contributed by atoms with E-state index in [2.05, 4.69) is 34.5 Å². The molecule has 0 aliphatic heterocycles. The molecule has 0 aromatic carbocycles. The van der Waals surface area contributed by atoms with E-state index in [1.807, 2.05) is 12.1 Å². The summed E-state index contributed by atoms with van der Waals surface area (Å²) < 4.78 is 0.693. The van der Waals surface area contributed by atoms with E-state index >= 15 is 0 Å². The Bertz CT molecular complexity index is 688. The highest BCUT2D eigenvalue weighted by Gasteiger charge is 2.36. The van der Waals surface area contributed by atoms with Crippen molar-refractivity contribution >= 4 is 28.8 Å². The molecule has 3 rings (SSSR count). The Morgan fingerprint density at radius 3 is 2.78 bits per heavy atom. The van der Waals surface area contributed by atoms with Crippen LogP contribution in [0.1, 0.15) is 36.0 Å². The van der Waals surface area contributed by atoms with Gasteiger partial charge in [-0.05, 0) is 39.1 Å². The minimum Gasteiger partial charge on any atom is -0.350 e. The summed E-state index contributed by atoms with van der Waals surface area (Å²) in [7, 11) is 4.18. The van der Waals surface area contributed by atoms with E-state index in [4.69, 9.17) is 11.6 Å². The van der Waals surface area contributed by atoms with Crippen molar-refractivity contribution in [3.05, 3.63) is 28.2 Å². The van der Waals surface area contributed by atoms with E-state index in [9.17, 15) is 4.79 Å². The molecule has 5 nitrogen and oxygen atoms in total. The summed E-state index contributed by atoms with van der Waals surface area (Å²) in [4.78, 5) is 15.8. The van der Waals surface area contributed by atoms with Crippen molar-refractivity contribution in [2.45, 2.75) is 31.2 Å². The summed E-state index contributed by atoms with van der Waals surface area (Å²) in [5.74, 6) is -0.0913. The van der Waals surface area contributed by atoms with Gasteiger partial charge in [0.25, 0.3) is 5.91 Å². The zero-order chi connectivity index (χ0) is 16.4. The first-order valence-electron chi connectivity index (χ1n) is 7.76. The Hall–Kier alpha value is -1.37. The van der Waals surface area contributed by atoms with Gasteiger partial charge in [0, 0.05) is 12.1 Å². The number of thiophene rings is 1. The fourth-order valence-electron chi connectivity index (χ4n) is 3.25. The number of carbonyl (C=O) groups is 1. The van der Waals surface area contributed by atoms with Crippen LogP contribution >= 0.6 is 22.9 Å². The summed E-state index contributed by atoms with van der Waals surface area (Å²) >= 11 is 7.42. The maximum atomic E-state index is 12.6. The van der Waals surface area contributed by atoms with Crippen LogP contribution in [0.2, 0.25) is 4.34 Å². The molecule has 0 saturated heterocycles. The van der Waals surface area contributed by atoms with Crippen LogP contribution in [0.15, 0.2) is 18.3 Å². The highest BCUT2D eigenvalue weighted by Crippen LogP contribution is 2.34. The molecule has 0 spiro atoms. The van der Waals surface area contributed by atoms with Crippen LogP contribution in [0.4, 0.5) is 0 Å². The Morgan fingerprint density at radius 2 is 2.17 bits per heavy atom. The number of carbonyl (C=O) groups excluding carboxylic acids is 1. The van der Waals surface area contributed by atoms with Crippen LogP contribution < -0.4 is 5.32 Å². The number of hydrogen-bond donors (Lipinski definition) is 2. The molecule has 1 saturated carbocycles. The van der Waals surface area contributed by atoms with Crippen molar-refractivity contribution in [1.82, 2.24) is 20.4 Å². The third-order valence-electron chi connectivity index (χ3n) is 4.76. The number of rotatable bonds is 5. The Morgan fingerprint density at radius 1 is 1.43 bits per heavy atom. The van der Waals surface area contributed by atoms with Gasteiger partial charge in [-0.15, -0.1) is 11.3 Å². The average molecular weight is 353 g/mol. The smallest absolute Gasteiger partial charge is 0.255 e. The molecule has 1 aliphatic carbocycles. The molecule has 7 heteroatoms. The van der Waals surface area contributed by atoms with Crippen molar-refractivity contribution in [1.29, 1.82) is 0 Å². The first-order valence-corrected chi connectivity index (χ1v) is 8.96. The third kappa shape index (κ3) is 3.29. The van der Waals surface area contributed by atoms with Crippen molar-refractivity contribution in [3.63, 3.8) is 0 Å². The predicted molar refractivity (Wildman–Crippen MR) is 94.1 cm³/mol. The monoisotopic (exact) mass is 352 g/mol. The molecule has 0 unspecified atom stereocenters. The Kier molecular flexibility index (Phi) is 4.75. The zero-order valence-corrected chi connectivity index (χ0v) is 14.9. The fraction of sp³-hybridized carbons (Fsp3) is 0.500. The summed E-state index contributed by atoms with van der Waals surface area (Å²) in [5.41, 5.74) is 1.37. The van der Waals surface area contributed by atoms with E-state index in [0.29, 0.717) is 16.4 Å². The van der Waals surface area contributed by atoms with E-state index < -0.39 is 0 Å². The highest BCUT2D eigenvalue weighted by molar-refractivity contribution is 7.19. The molecule has 1 aliphatic rings. The Labute approximate surface area is 145 Å². The van der Waals surface area contributed by atoms with Gasteiger partial charge in [0.1, 0.15) is 0 Å². The zero-order valence-electron chi connectivity index (χ0n) is 13.4. The number of H-pyrrole nitrogens is 1. The van der Waals surface area contributed by atoms with Crippen LogP contribution in [0.3, 0.4) is 0 Å². The Balaban J connectivity index is 1.73. The SMILES string of the molecule is CN(C)C1(CNC(=O)c2cn[nH]c2-c2ccc(Cl)s2)CCCC1. The number of nitrogens with zero attached hydrogens (tertiary/aromatic N) is 2. The molecule has 2 aromatic rings. The molecule has 23 heavy (non-hydrogen) atoms. The minimum absolute atomic E-state index is 0.0752. The van der Waals surface area contributed by atoms with Crippen molar-refractivity contribution in [2.75, 3.05) is 20.6 Å². The van der Waals surface area contributed by atoms with E-state index in [-0.39, 0.29) is 11.4 Å². The van der Waals surface area contributed by atoms with Gasteiger partial charge in [-0.3, -0.25) is 9.89 Å². The summed E-state index contributed by atoms with van der Waals surface area (Å²) in [6.07, 6.45) is 6.27. The number of amides is 1. The lowest BCUT2D eigenvalue weighted by Gasteiger charge is -2.36. The van der Waals surface area contributed by atoms with Gasteiger partial charge in [0.15, 0.2) is 0 Å². The quantitative estimate of drug-likeness (QED) is 0.867. The molecule has 2 aromatic heterocycles. The first kappa shape index (κ1) is 16.5. The lowest BCUT2D eigenvalue weighted by Crippen LogP contribution is -2.50. The van der Waals surface area contributed by atoms with Crippen LogP contribution in [0, 0.1) is 0 Å². The maximum Gasteiger partial charge on any atom is 0.255 e. The highest BCUT2D eigenvalue weighted by atomic mass is 35.5. The molecule has 0 atom stereocenters. The van der Waals surface area contributed by atoms with Gasteiger partial charge in [-0.2, -0.15) is 5.10 Å².